The predicted molar refractivity (Wildman–Crippen MR) is 71.0 cm³/mol. The number of rotatable bonds is 3. The highest BCUT2D eigenvalue weighted by molar-refractivity contribution is 7.94. The minimum absolute atomic E-state index is 0.0615. The third-order valence-electron chi connectivity index (χ3n) is 2.20. The van der Waals surface area contributed by atoms with E-state index in [0.29, 0.717) is 16.1 Å². The van der Waals surface area contributed by atoms with Gasteiger partial charge in [-0.2, -0.15) is 10.5 Å². The molecule has 0 fully saturated rings. The van der Waals surface area contributed by atoms with Gasteiger partial charge in [-0.1, -0.05) is 6.07 Å². The maximum Gasteiger partial charge on any atom is 0.271 e. The van der Waals surface area contributed by atoms with E-state index < -0.39 is 10.0 Å². The number of nitriles is 2. The van der Waals surface area contributed by atoms with Crippen LogP contribution in [0.5, 0.6) is 0 Å². The van der Waals surface area contributed by atoms with Crippen LogP contribution in [0.4, 0.5) is 5.69 Å². The Labute approximate surface area is 114 Å². The average molecular weight is 289 g/mol. The summed E-state index contributed by atoms with van der Waals surface area (Å²) in [7, 11) is -3.72. The van der Waals surface area contributed by atoms with Crippen LogP contribution in [0.1, 0.15) is 10.4 Å². The SMILES string of the molecule is N#Cc1cccc(NS(=O)(=O)c2ccc(C#N)s2)c1. The second kappa shape index (κ2) is 5.11. The minimum atomic E-state index is -3.72. The summed E-state index contributed by atoms with van der Waals surface area (Å²) < 4.78 is 26.5. The van der Waals surface area contributed by atoms with Gasteiger partial charge >= 0.3 is 0 Å². The number of sulfonamides is 1. The molecule has 0 aliphatic rings. The standard InChI is InChI=1S/C12H7N3O2S2/c13-7-9-2-1-3-10(6-9)15-19(16,17)12-5-4-11(8-14)18-12/h1-6,15H. The third kappa shape index (κ3) is 2.91. The molecule has 0 saturated carbocycles. The zero-order valence-corrected chi connectivity index (χ0v) is 11.1. The number of nitrogens with zero attached hydrogens (tertiary/aromatic N) is 2. The predicted octanol–water partition coefficient (Wildman–Crippen LogP) is 2.29. The lowest BCUT2D eigenvalue weighted by atomic mass is 10.2. The summed E-state index contributed by atoms with van der Waals surface area (Å²) >= 11 is 0.892. The molecular formula is C12H7N3O2S2. The number of hydrogen-bond donors (Lipinski definition) is 1. The first-order valence-corrected chi connectivity index (χ1v) is 7.38. The molecule has 2 aromatic rings. The van der Waals surface area contributed by atoms with Gasteiger partial charge in [0.1, 0.15) is 15.2 Å². The van der Waals surface area contributed by atoms with Crippen molar-refractivity contribution in [3.8, 4) is 12.1 Å². The van der Waals surface area contributed by atoms with Crippen molar-refractivity contribution in [3.05, 3.63) is 46.8 Å². The Bertz CT molecular complexity index is 795. The van der Waals surface area contributed by atoms with Crippen LogP contribution >= 0.6 is 11.3 Å². The van der Waals surface area contributed by atoms with Crippen molar-refractivity contribution in [2.45, 2.75) is 4.21 Å². The fourth-order valence-corrected chi connectivity index (χ4v) is 3.54. The van der Waals surface area contributed by atoms with Crippen LogP contribution in [0.3, 0.4) is 0 Å². The monoisotopic (exact) mass is 289 g/mol. The second-order valence-corrected chi connectivity index (χ2v) is 6.52. The van der Waals surface area contributed by atoms with Gasteiger partial charge in [0.25, 0.3) is 10.0 Å². The molecule has 0 saturated heterocycles. The number of anilines is 1. The van der Waals surface area contributed by atoms with E-state index in [1.807, 2.05) is 12.1 Å². The zero-order valence-electron chi connectivity index (χ0n) is 9.49. The van der Waals surface area contributed by atoms with Gasteiger partial charge in [0.05, 0.1) is 17.3 Å². The number of thiophene rings is 1. The van der Waals surface area contributed by atoms with Crippen LogP contribution in [-0.4, -0.2) is 8.42 Å². The highest BCUT2D eigenvalue weighted by Gasteiger charge is 2.17. The van der Waals surface area contributed by atoms with Crippen LogP contribution in [0.25, 0.3) is 0 Å². The van der Waals surface area contributed by atoms with E-state index in [1.165, 1.54) is 18.2 Å². The van der Waals surface area contributed by atoms with Crippen molar-refractivity contribution in [2.24, 2.45) is 0 Å². The lowest BCUT2D eigenvalue weighted by molar-refractivity contribution is 0.603. The Kier molecular flexibility index (Phi) is 3.52. The van der Waals surface area contributed by atoms with E-state index in [-0.39, 0.29) is 4.21 Å². The molecule has 0 atom stereocenters. The molecule has 0 amide bonds. The first-order chi connectivity index (χ1) is 9.05. The molecule has 1 N–H and O–H groups in total. The number of nitrogens with one attached hydrogen (secondary N) is 1. The number of benzene rings is 1. The van der Waals surface area contributed by atoms with Crippen molar-refractivity contribution < 1.29 is 8.42 Å². The van der Waals surface area contributed by atoms with E-state index in [2.05, 4.69) is 4.72 Å². The van der Waals surface area contributed by atoms with Gasteiger partial charge in [0.15, 0.2) is 0 Å². The van der Waals surface area contributed by atoms with Gasteiger partial charge in [-0.3, -0.25) is 4.72 Å². The van der Waals surface area contributed by atoms with Gasteiger partial charge < -0.3 is 0 Å². The molecule has 2 rings (SSSR count). The molecule has 0 aliphatic heterocycles. The summed E-state index contributed by atoms with van der Waals surface area (Å²) in [5.74, 6) is 0. The van der Waals surface area contributed by atoms with Gasteiger partial charge in [0.2, 0.25) is 0 Å². The summed E-state index contributed by atoms with van der Waals surface area (Å²) in [5, 5.41) is 17.4. The Balaban J connectivity index is 2.31. The summed E-state index contributed by atoms with van der Waals surface area (Å²) in [4.78, 5) is 0.325. The highest BCUT2D eigenvalue weighted by atomic mass is 32.2. The Morgan fingerprint density at radius 1 is 1.11 bits per heavy atom. The smallest absolute Gasteiger partial charge is 0.271 e. The maximum atomic E-state index is 12.0. The minimum Gasteiger partial charge on any atom is -0.279 e. The Morgan fingerprint density at radius 2 is 1.89 bits per heavy atom. The molecule has 1 heterocycles. The maximum absolute atomic E-state index is 12.0. The van der Waals surface area contributed by atoms with Gasteiger partial charge in [-0.15, -0.1) is 11.3 Å². The average Bonchev–Trinajstić information content (AvgIpc) is 2.88. The third-order valence-corrected chi connectivity index (χ3v) is 5.06. The summed E-state index contributed by atoms with van der Waals surface area (Å²) in [6, 6.07) is 12.8. The van der Waals surface area contributed by atoms with Crippen molar-refractivity contribution in [2.75, 3.05) is 4.72 Å². The zero-order chi connectivity index (χ0) is 13.9. The molecule has 0 radical (unpaired) electrons. The molecule has 7 heteroatoms. The second-order valence-electron chi connectivity index (χ2n) is 3.53. The van der Waals surface area contributed by atoms with E-state index in [4.69, 9.17) is 10.5 Å². The van der Waals surface area contributed by atoms with E-state index >= 15 is 0 Å². The fraction of sp³-hybridized carbons (Fsp3) is 0. The van der Waals surface area contributed by atoms with Crippen LogP contribution in [-0.2, 0) is 10.0 Å². The van der Waals surface area contributed by atoms with E-state index in [1.54, 1.807) is 18.2 Å². The first kappa shape index (κ1) is 13.1. The topological polar surface area (TPSA) is 93.8 Å². The Hall–Kier alpha value is -2.35. The van der Waals surface area contributed by atoms with Crippen LogP contribution in [0, 0.1) is 22.7 Å². The van der Waals surface area contributed by atoms with Crippen LogP contribution in [0.2, 0.25) is 0 Å². The molecule has 1 aromatic heterocycles. The summed E-state index contributed by atoms with van der Waals surface area (Å²) in [5.41, 5.74) is 0.676. The van der Waals surface area contributed by atoms with Crippen LogP contribution < -0.4 is 4.72 Å². The molecular weight excluding hydrogens is 282 g/mol. The lowest BCUT2D eigenvalue weighted by Crippen LogP contribution is -2.11. The Morgan fingerprint density at radius 3 is 2.53 bits per heavy atom. The van der Waals surface area contributed by atoms with Gasteiger partial charge in [-0.05, 0) is 30.3 Å². The molecule has 0 bridgehead atoms. The fourth-order valence-electron chi connectivity index (χ4n) is 1.38. The molecule has 19 heavy (non-hydrogen) atoms. The largest absolute Gasteiger partial charge is 0.279 e. The van der Waals surface area contributed by atoms with Gasteiger partial charge in [0, 0.05) is 0 Å². The first-order valence-electron chi connectivity index (χ1n) is 5.08. The normalized spacial score (nSPS) is 10.4. The van der Waals surface area contributed by atoms with Crippen molar-refractivity contribution in [1.29, 1.82) is 10.5 Å². The van der Waals surface area contributed by atoms with E-state index in [9.17, 15) is 8.42 Å². The molecule has 0 spiro atoms. The van der Waals surface area contributed by atoms with Crippen molar-refractivity contribution in [1.82, 2.24) is 0 Å². The van der Waals surface area contributed by atoms with Crippen molar-refractivity contribution in [3.63, 3.8) is 0 Å². The molecule has 0 aliphatic carbocycles. The van der Waals surface area contributed by atoms with Crippen LogP contribution in [0.15, 0.2) is 40.6 Å². The molecule has 94 valence electrons. The quantitative estimate of drug-likeness (QED) is 0.938. The number of hydrogen-bond acceptors (Lipinski definition) is 5. The van der Waals surface area contributed by atoms with E-state index in [0.717, 1.165) is 11.3 Å². The lowest BCUT2D eigenvalue weighted by Gasteiger charge is -2.05. The molecule has 0 unspecified atom stereocenters. The van der Waals surface area contributed by atoms with Crippen molar-refractivity contribution >= 4 is 27.0 Å². The summed E-state index contributed by atoms with van der Waals surface area (Å²) in [6.45, 7) is 0. The highest BCUT2D eigenvalue weighted by Crippen LogP contribution is 2.23. The van der Waals surface area contributed by atoms with Gasteiger partial charge in [-0.25, -0.2) is 8.42 Å². The summed E-state index contributed by atoms with van der Waals surface area (Å²) in [6.07, 6.45) is 0. The molecule has 5 nitrogen and oxygen atoms in total. The molecule has 1 aromatic carbocycles.